The van der Waals surface area contributed by atoms with Gasteiger partial charge in [-0.25, -0.2) is 0 Å². The van der Waals surface area contributed by atoms with Crippen molar-refractivity contribution in [1.82, 2.24) is 0 Å². The van der Waals surface area contributed by atoms with Crippen molar-refractivity contribution in [2.45, 2.75) is 20.0 Å². The molecule has 2 N–H and O–H groups in total. The maximum atomic E-state index is 5.69. The van der Waals surface area contributed by atoms with Gasteiger partial charge in [-0.1, -0.05) is 15.9 Å². The number of anilines is 1. The average Bonchev–Trinajstić information content (AvgIpc) is 2.74. The second kappa shape index (κ2) is 5.59. The van der Waals surface area contributed by atoms with Crippen LogP contribution in [-0.4, -0.2) is 7.05 Å². The van der Waals surface area contributed by atoms with Gasteiger partial charge in [-0.05, 0) is 36.8 Å². The van der Waals surface area contributed by atoms with Gasteiger partial charge >= 0.3 is 0 Å². The molecular weight excluding hydrogens is 292 g/mol. The lowest BCUT2D eigenvalue weighted by molar-refractivity contribution is 0.529. The summed E-state index contributed by atoms with van der Waals surface area (Å²) in [6.07, 6.45) is 1.73. The quantitative estimate of drug-likeness (QED) is 0.940. The summed E-state index contributed by atoms with van der Waals surface area (Å²) >= 11 is 3.51. The fraction of sp³-hybridized carbons (Fsp3) is 0.286. The van der Waals surface area contributed by atoms with E-state index in [2.05, 4.69) is 40.0 Å². The molecule has 0 fully saturated rings. The first kappa shape index (κ1) is 13.2. The van der Waals surface area contributed by atoms with E-state index in [-0.39, 0.29) is 0 Å². The molecule has 1 aromatic carbocycles. The molecule has 96 valence electrons. The number of nitrogens with two attached hydrogens (primary N) is 1. The van der Waals surface area contributed by atoms with E-state index >= 15 is 0 Å². The molecule has 0 aliphatic rings. The normalized spacial score (nSPS) is 10.7. The highest BCUT2D eigenvalue weighted by atomic mass is 79.9. The van der Waals surface area contributed by atoms with Gasteiger partial charge in [0, 0.05) is 35.9 Å². The number of aryl methyl sites for hydroxylation is 1. The lowest BCUT2D eigenvalue weighted by Gasteiger charge is -2.20. The van der Waals surface area contributed by atoms with Crippen LogP contribution in [0.4, 0.5) is 5.69 Å². The van der Waals surface area contributed by atoms with E-state index in [4.69, 9.17) is 10.2 Å². The molecule has 2 aromatic rings. The number of hydrogen-bond donors (Lipinski definition) is 1. The number of hydrogen-bond acceptors (Lipinski definition) is 3. The Morgan fingerprint density at radius 1 is 1.33 bits per heavy atom. The van der Waals surface area contributed by atoms with Crippen molar-refractivity contribution in [3.05, 3.63) is 51.9 Å². The fourth-order valence-corrected chi connectivity index (χ4v) is 2.42. The van der Waals surface area contributed by atoms with Crippen molar-refractivity contribution < 1.29 is 4.42 Å². The lowest BCUT2D eigenvalue weighted by Crippen LogP contribution is -2.17. The van der Waals surface area contributed by atoms with Gasteiger partial charge in [-0.2, -0.15) is 0 Å². The maximum absolute atomic E-state index is 5.69. The predicted molar refractivity (Wildman–Crippen MR) is 77.6 cm³/mol. The zero-order chi connectivity index (χ0) is 13.1. The second-order valence-electron chi connectivity index (χ2n) is 4.38. The summed E-state index contributed by atoms with van der Waals surface area (Å²) in [4.78, 5) is 2.18. The molecule has 18 heavy (non-hydrogen) atoms. The number of furan rings is 1. The van der Waals surface area contributed by atoms with Crippen LogP contribution in [0.2, 0.25) is 0 Å². The van der Waals surface area contributed by atoms with Gasteiger partial charge in [0.2, 0.25) is 0 Å². The largest absolute Gasteiger partial charge is 0.469 e. The highest BCUT2D eigenvalue weighted by molar-refractivity contribution is 9.10. The molecule has 1 aromatic heterocycles. The standard InChI is InChI=1S/C14H17BrN2O/c1-10-12(3-4-18-10)9-17(2)14-6-11(8-16)5-13(15)7-14/h3-7H,8-9,16H2,1-2H3. The zero-order valence-corrected chi connectivity index (χ0v) is 12.2. The van der Waals surface area contributed by atoms with Gasteiger partial charge in [0.05, 0.1) is 6.26 Å². The lowest BCUT2D eigenvalue weighted by atomic mass is 10.1. The summed E-state index contributed by atoms with van der Waals surface area (Å²) in [5.74, 6) is 0.968. The topological polar surface area (TPSA) is 42.4 Å². The van der Waals surface area contributed by atoms with Crippen LogP contribution < -0.4 is 10.6 Å². The van der Waals surface area contributed by atoms with Crippen LogP contribution in [0.1, 0.15) is 16.9 Å². The molecular formula is C14H17BrN2O. The first-order valence-corrected chi connectivity index (χ1v) is 6.63. The summed E-state index contributed by atoms with van der Waals surface area (Å²) in [6.45, 7) is 3.35. The van der Waals surface area contributed by atoms with E-state index < -0.39 is 0 Å². The van der Waals surface area contributed by atoms with E-state index in [1.54, 1.807) is 6.26 Å². The molecule has 0 spiro atoms. The molecule has 0 saturated carbocycles. The van der Waals surface area contributed by atoms with Crippen LogP contribution in [0, 0.1) is 6.92 Å². The smallest absolute Gasteiger partial charge is 0.105 e. The molecule has 0 aliphatic heterocycles. The fourth-order valence-electron chi connectivity index (χ4n) is 1.89. The van der Waals surface area contributed by atoms with Crippen LogP contribution in [0.3, 0.4) is 0 Å². The van der Waals surface area contributed by atoms with Gasteiger partial charge in [-0.15, -0.1) is 0 Å². The Labute approximate surface area is 116 Å². The van der Waals surface area contributed by atoms with Crippen molar-refractivity contribution in [3.63, 3.8) is 0 Å². The van der Waals surface area contributed by atoms with Gasteiger partial charge in [0.15, 0.2) is 0 Å². The molecule has 0 aliphatic carbocycles. The number of halogens is 1. The van der Waals surface area contributed by atoms with Crippen molar-refractivity contribution in [2.24, 2.45) is 5.73 Å². The Bertz CT molecular complexity index is 536. The molecule has 0 bridgehead atoms. The average molecular weight is 309 g/mol. The van der Waals surface area contributed by atoms with Gasteiger partial charge in [0.1, 0.15) is 5.76 Å². The van der Waals surface area contributed by atoms with Crippen molar-refractivity contribution >= 4 is 21.6 Å². The summed E-state index contributed by atoms with van der Waals surface area (Å²) in [5.41, 5.74) is 9.16. The predicted octanol–water partition coefficient (Wildman–Crippen LogP) is 3.45. The van der Waals surface area contributed by atoms with Crippen LogP contribution in [-0.2, 0) is 13.1 Å². The molecule has 1 heterocycles. The summed E-state index contributed by atoms with van der Waals surface area (Å²) in [5, 5.41) is 0. The molecule has 0 atom stereocenters. The minimum Gasteiger partial charge on any atom is -0.469 e. The zero-order valence-electron chi connectivity index (χ0n) is 10.6. The molecule has 0 unspecified atom stereocenters. The van der Waals surface area contributed by atoms with E-state index in [1.807, 2.05) is 19.1 Å². The Kier molecular flexibility index (Phi) is 4.09. The summed E-state index contributed by atoms with van der Waals surface area (Å²) in [6, 6.07) is 8.25. The first-order chi connectivity index (χ1) is 8.60. The molecule has 0 radical (unpaired) electrons. The maximum Gasteiger partial charge on any atom is 0.105 e. The summed E-state index contributed by atoms with van der Waals surface area (Å²) in [7, 11) is 2.06. The van der Waals surface area contributed by atoms with Crippen LogP contribution in [0.15, 0.2) is 39.4 Å². The molecule has 0 amide bonds. The Balaban J connectivity index is 2.20. The van der Waals surface area contributed by atoms with Crippen LogP contribution in [0.25, 0.3) is 0 Å². The van der Waals surface area contributed by atoms with Gasteiger partial charge < -0.3 is 15.1 Å². The van der Waals surface area contributed by atoms with Crippen LogP contribution in [0.5, 0.6) is 0 Å². The van der Waals surface area contributed by atoms with E-state index in [1.165, 1.54) is 5.56 Å². The minimum atomic E-state index is 0.547. The van der Waals surface area contributed by atoms with Crippen molar-refractivity contribution in [1.29, 1.82) is 0 Å². The Hall–Kier alpha value is -1.26. The van der Waals surface area contributed by atoms with Gasteiger partial charge in [-0.3, -0.25) is 0 Å². The third-order valence-electron chi connectivity index (χ3n) is 2.99. The van der Waals surface area contributed by atoms with E-state index in [0.717, 1.165) is 28.0 Å². The van der Waals surface area contributed by atoms with E-state index in [0.29, 0.717) is 6.54 Å². The number of nitrogens with zero attached hydrogens (tertiary/aromatic N) is 1. The molecule has 3 nitrogen and oxygen atoms in total. The Morgan fingerprint density at radius 2 is 2.11 bits per heavy atom. The SMILES string of the molecule is Cc1occc1CN(C)c1cc(Br)cc(CN)c1. The monoisotopic (exact) mass is 308 g/mol. The third-order valence-corrected chi connectivity index (χ3v) is 3.45. The van der Waals surface area contributed by atoms with E-state index in [9.17, 15) is 0 Å². The van der Waals surface area contributed by atoms with Gasteiger partial charge in [0.25, 0.3) is 0 Å². The number of rotatable bonds is 4. The third kappa shape index (κ3) is 2.94. The summed E-state index contributed by atoms with van der Waals surface area (Å²) < 4.78 is 6.37. The second-order valence-corrected chi connectivity index (χ2v) is 5.30. The molecule has 2 rings (SSSR count). The molecule has 0 saturated heterocycles. The van der Waals surface area contributed by atoms with Crippen molar-refractivity contribution in [3.8, 4) is 0 Å². The molecule has 4 heteroatoms. The van der Waals surface area contributed by atoms with Crippen LogP contribution >= 0.6 is 15.9 Å². The van der Waals surface area contributed by atoms with Crippen molar-refractivity contribution in [2.75, 3.05) is 11.9 Å². The minimum absolute atomic E-state index is 0.547. The number of benzene rings is 1. The first-order valence-electron chi connectivity index (χ1n) is 5.84. The Morgan fingerprint density at radius 3 is 2.72 bits per heavy atom. The highest BCUT2D eigenvalue weighted by Crippen LogP contribution is 2.24. The highest BCUT2D eigenvalue weighted by Gasteiger charge is 2.08.